The van der Waals surface area contributed by atoms with Crippen molar-refractivity contribution in [3.63, 3.8) is 0 Å². The van der Waals surface area contributed by atoms with Gasteiger partial charge in [0, 0.05) is 22.8 Å². The van der Waals surface area contributed by atoms with E-state index >= 15 is 0 Å². The largest absolute Gasteiger partial charge is 0.481 e. The normalized spacial score (nSPS) is 11.1. The van der Waals surface area contributed by atoms with Crippen LogP contribution < -0.4 is 5.32 Å². The molecular formula is C20H23NO3S. The molecule has 0 saturated heterocycles. The van der Waals surface area contributed by atoms with E-state index in [2.05, 4.69) is 17.4 Å². The smallest absolute Gasteiger partial charge is 0.309 e. The summed E-state index contributed by atoms with van der Waals surface area (Å²) in [4.78, 5) is 24.3. The molecule has 1 amide bonds. The number of amides is 1. The van der Waals surface area contributed by atoms with Gasteiger partial charge in [-0.1, -0.05) is 30.3 Å². The van der Waals surface area contributed by atoms with Crippen LogP contribution in [0.4, 0.5) is 0 Å². The van der Waals surface area contributed by atoms with E-state index in [1.807, 2.05) is 30.3 Å². The summed E-state index contributed by atoms with van der Waals surface area (Å²) in [5, 5.41) is 11.9. The Bertz CT molecular complexity index is 711. The number of hydrogen-bond donors (Lipinski definition) is 2. The zero-order valence-electron chi connectivity index (χ0n) is 14.5. The zero-order chi connectivity index (χ0) is 18.3. The molecule has 0 radical (unpaired) electrons. The molecule has 0 saturated carbocycles. The number of carboxylic acids is 1. The van der Waals surface area contributed by atoms with Crippen LogP contribution in [0.1, 0.15) is 36.2 Å². The van der Waals surface area contributed by atoms with Gasteiger partial charge in [-0.3, -0.25) is 9.59 Å². The lowest BCUT2D eigenvalue weighted by molar-refractivity contribution is -0.147. The Hall–Kier alpha value is -2.27. The molecule has 5 heteroatoms. The van der Waals surface area contributed by atoms with Gasteiger partial charge in [-0.25, -0.2) is 0 Å². The highest BCUT2D eigenvalue weighted by molar-refractivity contribution is 7.98. The maximum absolute atomic E-state index is 12.1. The number of hydrogen-bond acceptors (Lipinski definition) is 3. The van der Waals surface area contributed by atoms with Crippen LogP contribution in [0.3, 0.4) is 0 Å². The maximum Gasteiger partial charge on any atom is 0.309 e. The van der Waals surface area contributed by atoms with Crippen molar-refractivity contribution in [3.8, 4) is 0 Å². The van der Waals surface area contributed by atoms with Crippen LogP contribution in [0.2, 0.25) is 0 Å². The number of nitrogens with one attached hydrogen (secondary N) is 1. The van der Waals surface area contributed by atoms with E-state index in [9.17, 15) is 9.59 Å². The summed E-state index contributed by atoms with van der Waals surface area (Å²) in [6.07, 6.45) is 0.388. The predicted molar refractivity (Wildman–Crippen MR) is 101 cm³/mol. The first-order valence-corrected chi connectivity index (χ1v) is 9.15. The first-order valence-electron chi connectivity index (χ1n) is 8.17. The van der Waals surface area contributed by atoms with Crippen LogP contribution in [-0.2, 0) is 10.5 Å². The molecule has 0 spiro atoms. The lowest BCUT2D eigenvalue weighted by Crippen LogP contribution is -2.31. The average molecular weight is 357 g/mol. The Morgan fingerprint density at radius 1 is 1.04 bits per heavy atom. The van der Waals surface area contributed by atoms with Crippen molar-refractivity contribution in [2.45, 2.75) is 30.9 Å². The molecule has 0 unspecified atom stereocenters. The fourth-order valence-corrected chi connectivity index (χ4v) is 3.00. The molecule has 0 aliphatic carbocycles. The molecule has 0 fully saturated rings. The van der Waals surface area contributed by atoms with E-state index < -0.39 is 11.4 Å². The summed E-state index contributed by atoms with van der Waals surface area (Å²) in [5.41, 5.74) is 0.998. The number of rotatable bonds is 8. The Balaban J connectivity index is 1.82. The van der Waals surface area contributed by atoms with E-state index in [1.54, 1.807) is 37.7 Å². The summed E-state index contributed by atoms with van der Waals surface area (Å²) in [6, 6.07) is 17.7. The number of carbonyl (C=O) groups is 2. The fraction of sp³-hybridized carbons (Fsp3) is 0.300. The molecule has 4 nitrogen and oxygen atoms in total. The first-order chi connectivity index (χ1) is 11.9. The van der Waals surface area contributed by atoms with Crippen molar-refractivity contribution in [2.24, 2.45) is 5.41 Å². The molecule has 2 aromatic carbocycles. The Morgan fingerprint density at radius 2 is 1.68 bits per heavy atom. The van der Waals surface area contributed by atoms with Crippen molar-refractivity contribution < 1.29 is 14.7 Å². The Morgan fingerprint density at radius 3 is 2.28 bits per heavy atom. The zero-order valence-corrected chi connectivity index (χ0v) is 15.3. The van der Waals surface area contributed by atoms with Crippen molar-refractivity contribution >= 4 is 23.6 Å². The molecule has 0 aliphatic rings. The second kappa shape index (κ2) is 8.72. The molecule has 2 aromatic rings. The molecule has 0 heterocycles. The van der Waals surface area contributed by atoms with Crippen LogP contribution in [0.15, 0.2) is 59.5 Å². The lowest BCUT2D eigenvalue weighted by Gasteiger charge is -2.18. The van der Waals surface area contributed by atoms with E-state index in [1.165, 1.54) is 5.56 Å². The van der Waals surface area contributed by atoms with Crippen molar-refractivity contribution in [3.05, 3.63) is 65.7 Å². The second-order valence-electron chi connectivity index (χ2n) is 6.49. The molecule has 0 bridgehead atoms. The van der Waals surface area contributed by atoms with E-state index in [4.69, 9.17) is 5.11 Å². The van der Waals surface area contributed by atoms with Crippen molar-refractivity contribution in [2.75, 3.05) is 6.54 Å². The molecule has 25 heavy (non-hydrogen) atoms. The van der Waals surface area contributed by atoms with Crippen LogP contribution in [-0.4, -0.2) is 23.5 Å². The SMILES string of the molecule is CC(C)(CCNC(=O)c1ccc(SCc2ccccc2)cc1)C(=O)O. The van der Waals surface area contributed by atoms with Gasteiger partial charge < -0.3 is 10.4 Å². The summed E-state index contributed by atoms with van der Waals surface area (Å²) < 4.78 is 0. The molecule has 0 aliphatic heterocycles. The molecule has 2 rings (SSSR count). The van der Waals surface area contributed by atoms with Crippen LogP contribution in [0.25, 0.3) is 0 Å². The third-order valence-electron chi connectivity index (χ3n) is 3.98. The second-order valence-corrected chi connectivity index (χ2v) is 7.54. The minimum absolute atomic E-state index is 0.180. The summed E-state index contributed by atoms with van der Waals surface area (Å²) >= 11 is 1.72. The minimum atomic E-state index is -0.860. The number of thioether (sulfide) groups is 1. The number of carbonyl (C=O) groups excluding carboxylic acids is 1. The minimum Gasteiger partial charge on any atom is -0.481 e. The number of benzene rings is 2. The van der Waals surface area contributed by atoms with Crippen molar-refractivity contribution in [1.29, 1.82) is 0 Å². The standard InChI is InChI=1S/C20H23NO3S/c1-20(2,19(23)24)12-13-21-18(22)16-8-10-17(11-9-16)25-14-15-6-4-3-5-7-15/h3-11H,12-14H2,1-2H3,(H,21,22)(H,23,24). The summed E-state index contributed by atoms with van der Waals surface area (Å²) in [7, 11) is 0. The number of aliphatic carboxylic acids is 1. The monoisotopic (exact) mass is 357 g/mol. The van der Waals surface area contributed by atoms with Gasteiger partial charge in [-0.05, 0) is 50.1 Å². The van der Waals surface area contributed by atoms with Gasteiger partial charge in [0.15, 0.2) is 0 Å². The summed E-state index contributed by atoms with van der Waals surface area (Å²) in [6.45, 7) is 3.64. The van der Waals surface area contributed by atoms with Gasteiger partial charge in [0.2, 0.25) is 0 Å². The maximum atomic E-state index is 12.1. The predicted octanol–water partition coefficient (Wildman–Crippen LogP) is 4.21. The van der Waals surface area contributed by atoms with E-state index in [0.29, 0.717) is 18.5 Å². The highest BCUT2D eigenvalue weighted by Crippen LogP contribution is 2.23. The van der Waals surface area contributed by atoms with Gasteiger partial charge in [0.05, 0.1) is 5.41 Å². The Labute approximate surface area is 152 Å². The first kappa shape index (κ1) is 19.1. The highest BCUT2D eigenvalue weighted by atomic mass is 32.2. The topological polar surface area (TPSA) is 66.4 Å². The molecule has 0 aromatic heterocycles. The molecular weight excluding hydrogens is 334 g/mol. The Kier molecular flexibility index (Phi) is 6.65. The molecule has 132 valence electrons. The van der Waals surface area contributed by atoms with Crippen LogP contribution in [0, 0.1) is 5.41 Å². The van der Waals surface area contributed by atoms with Crippen molar-refractivity contribution in [1.82, 2.24) is 5.32 Å². The van der Waals surface area contributed by atoms with Crippen LogP contribution >= 0.6 is 11.8 Å². The van der Waals surface area contributed by atoms with Gasteiger partial charge in [-0.15, -0.1) is 11.8 Å². The van der Waals surface area contributed by atoms with Gasteiger partial charge in [0.25, 0.3) is 5.91 Å². The van der Waals surface area contributed by atoms with E-state index in [0.717, 1.165) is 10.6 Å². The van der Waals surface area contributed by atoms with Gasteiger partial charge in [0.1, 0.15) is 0 Å². The molecule has 0 atom stereocenters. The van der Waals surface area contributed by atoms with E-state index in [-0.39, 0.29) is 5.91 Å². The van der Waals surface area contributed by atoms with Crippen LogP contribution in [0.5, 0.6) is 0 Å². The summed E-state index contributed by atoms with van der Waals surface area (Å²) in [5.74, 6) is -0.154. The lowest BCUT2D eigenvalue weighted by atomic mass is 9.90. The highest BCUT2D eigenvalue weighted by Gasteiger charge is 2.26. The molecule has 2 N–H and O–H groups in total. The fourth-order valence-electron chi connectivity index (χ4n) is 2.14. The third-order valence-corrected chi connectivity index (χ3v) is 5.06. The average Bonchev–Trinajstić information content (AvgIpc) is 2.61. The van der Waals surface area contributed by atoms with Gasteiger partial charge in [-0.2, -0.15) is 0 Å². The quantitative estimate of drug-likeness (QED) is 0.695. The van der Waals surface area contributed by atoms with Gasteiger partial charge >= 0.3 is 5.97 Å². The number of carboxylic acid groups (broad SMARTS) is 1. The third kappa shape index (κ3) is 5.94.